The molecular formula is C14H12N4. The van der Waals surface area contributed by atoms with Crippen LogP contribution >= 0.6 is 0 Å². The minimum atomic E-state index is 0.520. The first-order valence-electron chi connectivity index (χ1n) is 5.75. The molecule has 88 valence electrons. The van der Waals surface area contributed by atoms with Crippen molar-refractivity contribution >= 4 is 11.5 Å². The molecule has 0 bridgehead atoms. The Labute approximate surface area is 105 Å². The fraction of sp³-hybridized carbons (Fsp3) is 0.143. The first-order valence-corrected chi connectivity index (χ1v) is 5.75. The van der Waals surface area contributed by atoms with E-state index in [9.17, 15) is 0 Å². The van der Waals surface area contributed by atoms with E-state index in [0.29, 0.717) is 17.1 Å². The van der Waals surface area contributed by atoms with Crippen LogP contribution in [-0.4, -0.2) is 4.98 Å². The zero-order valence-corrected chi connectivity index (χ0v) is 9.80. The molecule has 0 amide bonds. The molecule has 0 radical (unpaired) electrons. The van der Waals surface area contributed by atoms with Gasteiger partial charge in [-0.15, -0.1) is 0 Å². The number of pyridine rings is 1. The summed E-state index contributed by atoms with van der Waals surface area (Å²) in [5.74, 6) is 0.711. The molecule has 0 atom stereocenters. The van der Waals surface area contributed by atoms with Crippen molar-refractivity contribution in [1.82, 2.24) is 4.98 Å². The van der Waals surface area contributed by atoms with E-state index >= 15 is 0 Å². The van der Waals surface area contributed by atoms with Gasteiger partial charge >= 0.3 is 0 Å². The molecule has 1 aromatic carbocycles. The van der Waals surface area contributed by atoms with Crippen LogP contribution in [0.2, 0.25) is 0 Å². The molecule has 3 rings (SSSR count). The smallest absolute Gasteiger partial charge is 0.147 e. The Balaban J connectivity index is 1.98. The number of nitrogens with zero attached hydrogens (tertiary/aromatic N) is 3. The highest BCUT2D eigenvalue weighted by molar-refractivity contribution is 5.60. The predicted molar refractivity (Wildman–Crippen MR) is 69.7 cm³/mol. The maximum Gasteiger partial charge on any atom is 0.147 e. The van der Waals surface area contributed by atoms with E-state index in [2.05, 4.69) is 28.1 Å². The van der Waals surface area contributed by atoms with Crippen molar-refractivity contribution in [1.29, 1.82) is 5.26 Å². The Morgan fingerprint density at radius 1 is 1.22 bits per heavy atom. The number of benzene rings is 1. The molecule has 2 N–H and O–H groups in total. The van der Waals surface area contributed by atoms with Gasteiger partial charge in [-0.2, -0.15) is 5.26 Å². The third kappa shape index (κ3) is 1.66. The molecule has 18 heavy (non-hydrogen) atoms. The van der Waals surface area contributed by atoms with E-state index in [1.807, 2.05) is 12.1 Å². The summed E-state index contributed by atoms with van der Waals surface area (Å²) in [7, 11) is 0. The van der Waals surface area contributed by atoms with Gasteiger partial charge in [-0.25, -0.2) is 4.98 Å². The van der Waals surface area contributed by atoms with Gasteiger partial charge in [-0.3, -0.25) is 0 Å². The van der Waals surface area contributed by atoms with Crippen LogP contribution < -0.4 is 10.6 Å². The van der Waals surface area contributed by atoms with Gasteiger partial charge in [0.2, 0.25) is 0 Å². The molecule has 0 unspecified atom stereocenters. The van der Waals surface area contributed by atoms with E-state index < -0.39 is 0 Å². The number of hydrogen-bond acceptors (Lipinski definition) is 4. The summed E-state index contributed by atoms with van der Waals surface area (Å²) in [6.07, 6.45) is 1.60. The molecular weight excluding hydrogens is 224 g/mol. The van der Waals surface area contributed by atoms with Gasteiger partial charge in [0.25, 0.3) is 0 Å². The lowest BCUT2D eigenvalue weighted by Crippen LogP contribution is -2.17. The third-order valence-corrected chi connectivity index (χ3v) is 3.15. The quantitative estimate of drug-likeness (QED) is 0.823. The van der Waals surface area contributed by atoms with E-state index in [1.54, 1.807) is 12.3 Å². The van der Waals surface area contributed by atoms with Gasteiger partial charge in [0.15, 0.2) is 0 Å². The number of nitriles is 1. The van der Waals surface area contributed by atoms with Gasteiger partial charge in [-0.1, -0.05) is 24.3 Å². The first kappa shape index (κ1) is 10.6. The molecule has 0 fully saturated rings. The Morgan fingerprint density at radius 3 is 2.50 bits per heavy atom. The van der Waals surface area contributed by atoms with Crippen molar-refractivity contribution in [2.75, 3.05) is 10.6 Å². The van der Waals surface area contributed by atoms with Crippen molar-refractivity contribution < 1.29 is 0 Å². The summed E-state index contributed by atoms with van der Waals surface area (Å²) in [4.78, 5) is 6.39. The molecule has 0 aliphatic carbocycles. The van der Waals surface area contributed by atoms with Crippen LogP contribution in [0.3, 0.4) is 0 Å². The highest BCUT2D eigenvalue weighted by atomic mass is 15.2. The average Bonchev–Trinajstić information content (AvgIpc) is 2.82. The number of anilines is 2. The summed E-state index contributed by atoms with van der Waals surface area (Å²) in [5.41, 5.74) is 9.29. The second-order valence-electron chi connectivity index (χ2n) is 4.38. The molecule has 2 heterocycles. The standard InChI is InChI=1S/C14H12N4/c15-6-12-5-13(16)7-17-14(12)18-8-10-3-1-2-4-11(10)9-18/h1-5,7H,8-9,16H2. The number of nitrogens with two attached hydrogens (primary N) is 1. The van der Waals surface area contributed by atoms with Crippen molar-refractivity contribution in [2.45, 2.75) is 13.1 Å². The number of hydrogen-bond donors (Lipinski definition) is 1. The lowest BCUT2D eigenvalue weighted by Gasteiger charge is -2.17. The third-order valence-electron chi connectivity index (χ3n) is 3.15. The van der Waals surface area contributed by atoms with Crippen LogP contribution in [-0.2, 0) is 13.1 Å². The second-order valence-corrected chi connectivity index (χ2v) is 4.38. The van der Waals surface area contributed by atoms with Crippen molar-refractivity contribution in [3.8, 4) is 6.07 Å². The summed E-state index contributed by atoms with van der Waals surface area (Å²) in [6.45, 7) is 1.59. The highest BCUT2D eigenvalue weighted by Gasteiger charge is 2.21. The lowest BCUT2D eigenvalue weighted by molar-refractivity contribution is 0.854. The maximum absolute atomic E-state index is 9.15. The summed E-state index contributed by atoms with van der Waals surface area (Å²) < 4.78 is 0. The van der Waals surface area contributed by atoms with E-state index in [0.717, 1.165) is 13.1 Å². The minimum absolute atomic E-state index is 0.520. The van der Waals surface area contributed by atoms with E-state index in [1.165, 1.54) is 11.1 Å². The molecule has 4 nitrogen and oxygen atoms in total. The zero-order chi connectivity index (χ0) is 12.5. The predicted octanol–water partition coefficient (Wildman–Crippen LogP) is 2.06. The van der Waals surface area contributed by atoms with Gasteiger partial charge in [0.1, 0.15) is 11.9 Å². The van der Waals surface area contributed by atoms with Crippen molar-refractivity contribution in [3.05, 3.63) is 53.2 Å². The van der Waals surface area contributed by atoms with Gasteiger partial charge in [0.05, 0.1) is 17.4 Å². The Kier molecular flexibility index (Phi) is 2.38. The monoisotopic (exact) mass is 236 g/mol. The molecule has 1 aromatic heterocycles. The normalized spacial score (nSPS) is 13.2. The minimum Gasteiger partial charge on any atom is -0.397 e. The zero-order valence-electron chi connectivity index (χ0n) is 9.80. The maximum atomic E-state index is 9.15. The first-order chi connectivity index (χ1) is 8.78. The largest absolute Gasteiger partial charge is 0.397 e. The molecule has 0 spiro atoms. The van der Waals surface area contributed by atoms with Gasteiger partial charge in [0, 0.05) is 13.1 Å². The Hall–Kier alpha value is -2.54. The fourth-order valence-corrected chi connectivity index (χ4v) is 2.29. The van der Waals surface area contributed by atoms with Crippen LogP contribution in [0.1, 0.15) is 16.7 Å². The van der Waals surface area contributed by atoms with Gasteiger partial charge < -0.3 is 10.6 Å². The van der Waals surface area contributed by atoms with Crippen LogP contribution in [0.15, 0.2) is 36.5 Å². The molecule has 0 saturated carbocycles. The fourth-order valence-electron chi connectivity index (χ4n) is 2.29. The number of nitrogen functional groups attached to an aromatic ring is 1. The van der Waals surface area contributed by atoms with Crippen LogP contribution in [0.25, 0.3) is 0 Å². The van der Waals surface area contributed by atoms with Crippen LogP contribution in [0, 0.1) is 11.3 Å². The number of fused-ring (bicyclic) bond motifs is 1. The second kappa shape index (κ2) is 4.04. The highest BCUT2D eigenvalue weighted by Crippen LogP contribution is 2.29. The lowest BCUT2D eigenvalue weighted by atomic mass is 10.1. The Bertz CT molecular complexity index is 617. The Morgan fingerprint density at radius 2 is 1.89 bits per heavy atom. The topological polar surface area (TPSA) is 65.9 Å². The van der Waals surface area contributed by atoms with Crippen molar-refractivity contribution in [2.24, 2.45) is 0 Å². The van der Waals surface area contributed by atoms with Crippen LogP contribution in [0.4, 0.5) is 11.5 Å². The molecule has 1 aliphatic heterocycles. The van der Waals surface area contributed by atoms with E-state index in [-0.39, 0.29) is 0 Å². The molecule has 1 aliphatic rings. The average molecular weight is 236 g/mol. The number of aromatic nitrogens is 1. The van der Waals surface area contributed by atoms with E-state index in [4.69, 9.17) is 11.0 Å². The van der Waals surface area contributed by atoms with Crippen molar-refractivity contribution in [3.63, 3.8) is 0 Å². The van der Waals surface area contributed by atoms with Gasteiger partial charge in [-0.05, 0) is 17.2 Å². The summed E-state index contributed by atoms with van der Waals surface area (Å²) >= 11 is 0. The van der Waals surface area contributed by atoms with Crippen LogP contribution in [0.5, 0.6) is 0 Å². The SMILES string of the molecule is N#Cc1cc(N)cnc1N1Cc2ccccc2C1. The number of rotatable bonds is 1. The molecule has 0 saturated heterocycles. The summed E-state index contributed by atoms with van der Waals surface area (Å²) in [5, 5.41) is 9.15. The molecule has 2 aromatic rings. The molecule has 4 heteroatoms. The summed E-state index contributed by atoms with van der Waals surface area (Å²) in [6, 6.07) is 12.1.